The van der Waals surface area contributed by atoms with Gasteiger partial charge in [0.1, 0.15) is 17.6 Å². The van der Waals surface area contributed by atoms with Crippen molar-refractivity contribution in [2.24, 2.45) is 23.7 Å². The highest BCUT2D eigenvalue weighted by atomic mass is 16.6. The predicted molar refractivity (Wildman–Crippen MR) is 113 cm³/mol. The molecule has 1 aliphatic heterocycles. The molecule has 9 nitrogen and oxygen atoms in total. The molecule has 0 amide bonds. The zero-order chi connectivity index (χ0) is 23.3. The largest absolute Gasteiger partial charge is 0.462 e. The van der Waals surface area contributed by atoms with E-state index in [9.17, 15) is 24.5 Å². The molecule has 1 saturated heterocycles. The first-order valence-electron chi connectivity index (χ1n) is 10.7. The molecule has 2 bridgehead atoms. The van der Waals surface area contributed by atoms with Crippen LogP contribution >= 0.6 is 0 Å². The molecule has 2 saturated carbocycles. The maximum atomic E-state index is 12.7. The average Bonchev–Trinajstić information content (AvgIpc) is 3.42. The van der Waals surface area contributed by atoms with Crippen molar-refractivity contribution in [3.8, 4) is 11.5 Å². The lowest BCUT2D eigenvalue weighted by molar-refractivity contribution is -0.384. The van der Waals surface area contributed by atoms with Gasteiger partial charge in [-0.25, -0.2) is 0 Å². The molecule has 2 aliphatic carbocycles. The van der Waals surface area contributed by atoms with Crippen molar-refractivity contribution in [2.45, 2.75) is 25.9 Å². The summed E-state index contributed by atoms with van der Waals surface area (Å²) in [5.74, 6) is -1.04. The highest BCUT2D eigenvalue weighted by Gasteiger charge is 2.64. The second-order valence-electron chi connectivity index (χ2n) is 8.79. The first kappa shape index (κ1) is 21.1. The van der Waals surface area contributed by atoms with Crippen LogP contribution in [0.25, 0.3) is 0 Å². The number of carbonyl (C=O) groups excluding carboxylic acids is 3. The van der Waals surface area contributed by atoms with Gasteiger partial charge in [-0.3, -0.25) is 24.5 Å². The molecule has 3 fully saturated rings. The van der Waals surface area contributed by atoms with Crippen molar-refractivity contribution in [3.05, 3.63) is 63.7 Å². The molecule has 9 heteroatoms. The highest BCUT2D eigenvalue weighted by molar-refractivity contribution is 5.98. The molecule has 2 aromatic carbocycles. The molecule has 33 heavy (non-hydrogen) atoms. The summed E-state index contributed by atoms with van der Waals surface area (Å²) in [5.41, 5.74) is 1.01. The first-order valence-corrected chi connectivity index (χ1v) is 10.7. The van der Waals surface area contributed by atoms with Gasteiger partial charge in [0.2, 0.25) is 0 Å². The molecular weight excluding hydrogens is 430 g/mol. The summed E-state index contributed by atoms with van der Waals surface area (Å²) < 4.78 is 16.4. The Bertz CT molecular complexity index is 1160. The smallest absolute Gasteiger partial charge is 0.310 e. The van der Waals surface area contributed by atoms with Crippen LogP contribution in [0.4, 0.5) is 5.69 Å². The minimum absolute atomic E-state index is 0.0374. The minimum Gasteiger partial charge on any atom is -0.462 e. The molecule has 0 unspecified atom stereocenters. The van der Waals surface area contributed by atoms with Crippen molar-refractivity contribution in [2.75, 3.05) is 6.61 Å². The summed E-state index contributed by atoms with van der Waals surface area (Å²) >= 11 is 0. The number of Topliss-reactive ketones (excluding diaryl/α,β-unsaturated/α-hetero) is 1. The third kappa shape index (κ3) is 3.73. The standard InChI is InChI=1S/C24H21NO8/c1-12-8-13(2-7-19(12)32-16-5-3-15(4-6-16)25(29)30)18(26)11-31-23(27)21-14-9-17-20(10-14)33-24(28)22(17)21/h2-8,14,17,20-22H,9-11H2,1H3/t14-,17+,20-,21-,22-/m1/s1. The van der Waals surface area contributed by atoms with Gasteiger partial charge in [-0.05, 0) is 61.6 Å². The summed E-state index contributed by atoms with van der Waals surface area (Å²) in [4.78, 5) is 47.6. The number of benzene rings is 2. The molecule has 1 heterocycles. The van der Waals surface area contributed by atoms with Gasteiger partial charge >= 0.3 is 11.9 Å². The SMILES string of the molecule is Cc1cc(C(=O)COC(=O)[C@@H]2[C@@H]3C[C@@H]4[C@H]2C(=O)O[C@@H]4C3)ccc1Oc1ccc([N+](=O)[O-])cc1. The maximum absolute atomic E-state index is 12.7. The normalized spacial score (nSPS) is 26.7. The Balaban J connectivity index is 1.20. The number of hydrogen-bond donors (Lipinski definition) is 0. The number of non-ortho nitro benzene ring substituents is 1. The number of esters is 2. The van der Waals surface area contributed by atoms with Gasteiger partial charge < -0.3 is 14.2 Å². The van der Waals surface area contributed by atoms with Gasteiger partial charge in [0, 0.05) is 23.6 Å². The fourth-order valence-corrected chi connectivity index (χ4v) is 5.34. The first-order chi connectivity index (χ1) is 15.8. The molecule has 5 atom stereocenters. The third-order valence-electron chi connectivity index (χ3n) is 6.87. The lowest BCUT2D eigenvalue weighted by Gasteiger charge is -2.22. The quantitative estimate of drug-likeness (QED) is 0.271. The van der Waals surface area contributed by atoms with Crippen LogP contribution in [-0.4, -0.2) is 35.4 Å². The maximum Gasteiger partial charge on any atom is 0.310 e. The Kier molecular flexibility index (Phi) is 5.11. The van der Waals surface area contributed by atoms with E-state index in [0.29, 0.717) is 29.0 Å². The number of ether oxygens (including phenoxy) is 3. The number of rotatable bonds is 7. The van der Waals surface area contributed by atoms with Crippen LogP contribution in [0.3, 0.4) is 0 Å². The van der Waals surface area contributed by atoms with Crippen molar-refractivity contribution in [3.63, 3.8) is 0 Å². The number of fused-ring (bicyclic) bond motifs is 1. The summed E-state index contributed by atoms with van der Waals surface area (Å²) in [6.45, 7) is 1.36. The lowest BCUT2D eigenvalue weighted by atomic mass is 9.80. The van der Waals surface area contributed by atoms with Crippen LogP contribution in [0.2, 0.25) is 0 Å². The Morgan fingerprint density at radius 2 is 1.91 bits per heavy atom. The fraction of sp³-hybridized carbons (Fsp3) is 0.375. The number of ketones is 1. The zero-order valence-corrected chi connectivity index (χ0v) is 17.8. The number of aryl methyl sites for hydroxylation is 1. The van der Waals surface area contributed by atoms with Crippen LogP contribution in [0.5, 0.6) is 11.5 Å². The van der Waals surface area contributed by atoms with Crippen LogP contribution in [0, 0.1) is 40.7 Å². The predicted octanol–water partition coefficient (Wildman–Crippen LogP) is 3.62. The second kappa shape index (κ2) is 7.99. The summed E-state index contributed by atoms with van der Waals surface area (Å²) in [5, 5.41) is 10.8. The van der Waals surface area contributed by atoms with Gasteiger partial charge in [-0.1, -0.05) is 0 Å². The highest BCUT2D eigenvalue weighted by Crippen LogP contribution is 2.57. The third-order valence-corrected chi connectivity index (χ3v) is 6.87. The van der Waals surface area contributed by atoms with E-state index in [0.717, 1.165) is 6.42 Å². The summed E-state index contributed by atoms with van der Waals surface area (Å²) in [6.07, 6.45) is 1.42. The number of nitro benzene ring substituents is 1. The van der Waals surface area contributed by atoms with Crippen LogP contribution in [-0.2, 0) is 19.1 Å². The molecule has 170 valence electrons. The van der Waals surface area contributed by atoms with Gasteiger partial charge in [-0.15, -0.1) is 0 Å². The number of carbonyl (C=O) groups is 3. The monoisotopic (exact) mass is 451 g/mol. The molecule has 0 spiro atoms. The van der Waals surface area contributed by atoms with Crippen LogP contribution < -0.4 is 4.74 Å². The van der Waals surface area contributed by atoms with E-state index in [2.05, 4.69) is 0 Å². The van der Waals surface area contributed by atoms with Gasteiger partial charge in [0.05, 0.1) is 16.8 Å². The van der Waals surface area contributed by atoms with Gasteiger partial charge in [0.15, 0.2) is 12.4 Å². The lowest BCUT2D eigenvalue weighted by Crippen LogP contribution is -2.34. The van der Waals surface area contributed by atoms with Crippen LogP contribution in [0.1, 0.15) is 28.8 Å². The molecule has 3 aliphatic rings. The molecule has 2 aromatic rings. The number of nitrogens with zero attached hydrogens (tertiary/aromatic N) is 1. The van der Waals surface area contributed by atoms with Crippen molar-refractivity contribution in [1.29, 1.82) is 0 Å². The van der Waals surface area contributed by atoms with E-state index in [4.69, 9.17) is 14.2 Å². The molecular formula is C24H21NO8. The van der Waals surface area contributed by atoms with E-state index in [1.54, 1.807) is 25.1 Å². The Hall–Kier alpha value is -3.75. The fourth-order valence-electron chi connectivity index (χ4n) is 5.34. The zero-order valence-electron chi connectivity index (χ0n) is 17.8. The van der Waals surface area contributed by atoms with Gasteiger partial charge in [-0.2, -0.15) is 0 Å². The van der Waals surface area contributed by atoms with Gasteiger partial charge in [0.25, 0.3) is 5.69 Å². The van der Waals surface area contributed by atoms with E-state index >= 15 is 0 Å². The van der Waals surface area contributed by atoms with Crippen LogP contribution in [0.15, 0.2) is 42.5 Å². The Labute approximate surface area is 188 Å². The summed E-state index contributed by atoms with van der Waals surface area (Å²) in [6, 6.07) is 10.5. The minimum atomic E-state index is -0.520. The number of nitro groups is 1. The Morgan fingerprint density at radius 3 is 2.61 bits per heavy atom. The second-order valence-corrected chi connectivity index (χ2v) is 8.79. The van der Waals surface area contributed by atoms with E-state index in [-0.39, 0.29) is 35.4 Å². The van der Waals surface area contributed by atoms with Crippen molar-refractivity contribution in [1.82, 2.24) is 0 Å². The van der Waals surface area contributed by atoms with E-state index in [1.165, 1.54) is 24.3 Å². The van der Waals surface area contributed by atoms with E-state index in [1.807, 2.05) is 0 Å². The average molecular weight is 451 g/mol. The molecule has 0 N–H and O–H groups in total. The molecule has 0 aromatic heterocycles. The molecule has 5 rings (SSSR count). The summed E-state index contributed by atoms with van der Waals surface area (Å²) in [7, 11) is 0. The van der Waals surface area contributed by atoms with Crippen molar-refractivity contribution >= 4 is 23.4 Å². The molecule has 0 radical (unpaired) electrons. The Morgan fingerprint density at radius 1 is 1.15 bits per heavy atom. The van der Waals surface area contributed by atoms with Crippen molar-refractivity contribution < 1.29 is 33.5 Å². The van der Waals surface area contributed by atoms with E-state index < -0.39 is 29.3 Å². The topological polar surface area (TPSA) is 122 Å². The number of hydrogen-bond acceptors (Lipinski definition) is 8.